The van der Waals surface area contributed by atoms with E-state index in [1.54, 1.807) is 0 Å². The maximum Gasteiger partial charge on any atom is 0.306 e. The van der Waals surface area contributed by atoms with E-state index < -0.39 is 0 Å². The molecule has 0 bridgehead atoms. The van der Waals surface area contributed by atoms with E-state index in [1.807, 2.05) is 0 Å². The second kappa shape index (κ2) is 7.52. The summed E-state index contributed by atoms with van der Waals surface area (Å²) >= 11 is 0. The van der Waals surface area contributed by atoms with Crippen LogP contribution in [0.25, 0.3) is 0 Å². The van der Waals surface area contributed by atoms with Gasteiger partial charge in [0.05, 0.1) is 6.42 Å². The van der Waals surface area contributed by atoms with E-state index in [4.69, 9.17) is 4.74 Å². The fourth-order valence-corrected chi connectivity index (χ4v) is 2.62. The van der Waals surface area contributed by atoms with Gasteiger partial charge in [0.2, 0.25) is 0 Å². The molecule has 4 nitrogen and oxygen atoms in total. The molecular weight excluding hydrogens is 230 g/mol. The number of esters is 1. The zero-order valence-electron chi connectivity index (χ0n) is 11.8. The molecule has 0 amide bonds. The van der Waals surface area contributed by atoms with Crippen LogP contribution in [0.4, 0.5) is 0 Å². The summed E-state index contributed by atoms with van der Waals surface area (Å²) in [5, 5.41) is 0. The molecule has 104 valence electrons. The summed E-state index contributed by atoms with van der Waals surface area (Å²) in [6.07, 6.45) is 3.58. The summed E-state index contributed by atoms with van der Waals surface area (Å²) < 4.78 is 5.51. The Labute approximate surface area is 110 Å². The van der Waals surface area contributed by atoms with E-state index in [2.05, 4.69) is 18.7 Å². The van der Waals surface area contributed by atoms with Crippen molar-refractivity contribution in [3.63, 3.8) is 0 Å². The van der Waals surface area contributed by atoms with Gasteiger partial charge in [0.25, 0.3) is 0 Å². The number of carbonyl (C=O) groups excluding carboxylic acids is 2. The van der Waals surface area contributed by atoms with Crippen molar-refractivity contribution in [3.8, 4) is 0 Å². The largest absolute Gasteiger partial charge is 0.461 e. The molecule has 4 heteroatoms. The molecule has 1 aliphatic heterocycles. The molecule has 1 rings (SSSR count). The van der Waals surface area contributed by atoms with Crippen LogP contribution in [0.15, 0.2) is 0 Å². The van der Waals surface area contributed by atoms with E-state index in [-0.39, 0.29) is 24.3 Å². The van der Waals surface area contributed by atoms with Crippen molar-refractivity contribution in [2.75, 3.05) is 13.1 Å². The van der Waals surface area contributed by atoms with Gasteiger partial charge >= 0.3 is 5.97 Å². The Kier molecular flexibility index (Phi) is 6.33. The average molecular weight is 255 g/mol. The fraction of sp³-hybridized carbons (Fsp3) is 0.857. The third kappa shape index (κ3) is 4.41. The molecule has 18 heavy (non-hydrogen) atoms. The summed E-state index contributed by atoms with van der Waals surface area (Å²) in [7, 11) is 0. The zero-order valence-corrected chi connectivity index (χ0v) is 11.8. The first-order valence-electron chi connectivity index (χ1n) is 7.01. The van der Waals surface area contributed by atoms with Gasteiger partial charge in [-0.2, -0.15) is 0 Å². The summed E-state index contributed by atoms with van der Waals surface area (Å²) in [6.45, 7) is 7.88. The molecule has 1 aliphatic rings. The Bertz CT molecular complexity index is 291. The standard InChI is InChI=1S/C14H25NO3/c1-4-9-15-10-8-13(12(15)5-2)18-14(17)7-6-11(3)16/h12-13H,4-10H2,1-3H3/t12-,13+/m0/s1. The third-order valence-corrected chi connectivity index (χ3v) is 3.49. The number of Topliss-reactive ketones (excluding diaryl/α,β-unsaturated/α-hetero) is 1. The number of nitrogens with zero attached hydrogens (tertiary/aromatic N) is 1. The molecule has 0 aromatic rings. The van der Waals surface area contributed by atoms with Crippen LogP contribution in [0.5, 0.6) is 0 Å². The first kappa shape index (κ1) is 15.2. The normalized spacial score (nSPS) is 24.2. The van der Waals surface area contributed by atoms with E-state index in [1.165, 1.54) is 6.92 Å². The van der Waals surface area contributed by atoms with Gasteiger partial charge in [-0.05, 0) is 32.7 Å². The van der Waals surface area contributed by atoms with Gasteiger partial charge in [0.1, 0.15) is 11.9 Å². The van der Waals surface area contributed by atoms with Crippen molar-refractivity contribution in [2.45, 2.75) is 65.0 Å². The maximum atomic E-state index is 11.6. The highest BCUT2D eigenvalue weighted by molar-refractivity contribution is 5.81. The number of rotatable bonds is 7. The number of hydrogen-bond acceptors (Lipinski definition) is 4. The Balaban J connectivity index is 2.41. The minimum absolute atomic E-state index is 0.0148. The van der Waals surface area contributed by atoms with Gasteiger partial charge in [-0.1, -0.05) is 13.8 Å². The van der Waals surface area contributed by atoms with Crippen LogP contribution >= 0.6 is 0 Å². The predicted octanol–water partition coefficient (Wildman–Crippen LogP) is 2.16. The Morgan fingerprint density at radius 1 is 1.28 bits per heavy atom. The van der Waals surface area contributed by atoms with Crippen molar-refractivity contribution in [1.29, 1.82) is 0 Å². The fourth-order valence-electron chi connectivity index (χ4n) is 2.62. The Morgan fingerprint density at radius 2 is 2.00 bits per heavy atom. The quantitative estimate of drug-likeness (QED) is 0.654. The molecular formula is C14H25NO3. The number of ketones is 1. The Hall–Kier alpha value is -0.900. The molecule has 0 aromatic heterocycles. The second-order valence-corrected chi connectivity index (χ2v) is 5.03. The van der Waals surface area contributed by atoms with Gasteiger partial charge in [-0.3, -0.25) is 9.69 Å². The van der Waals surface area contributed by atoms with Crippen molar-refractivity contribution >= 4 is 11.8 Å². The van der Waals surface area contributed by atoms with Crippen molar-refractivity contribution < 1.29 is 14.3 Å². The molecule has 0 spiro atoms. The molecule has 0 radical (unpaired) electrons. The molecule has 2 atom stereocenters. The van der Waals surface area contributed by atoms with Crippen LogP contribution in [0.3, 0.4) is 0 Å². The molecule has 1 saturated heterocycles. The summed E-state index contributed by atoms with van der Waals surface area (Å²) in [4.78, 5) is 24.9. The Morgan fingerprint density at radius 3 is 2.56 bits per heavy atom. The van der Waals surface area contributed by atoms with E-state index >= 15 is 0 Å². The molecule has 0 aromatic carbocycles. The van der Waals surface area contributed by atoms with Crippen molar-refractivity contribution in [2.24, 2.45) is 0 Å². The van der Waals surface area contributed by atoms with E-state index in [0.29, 0.717) is 12.5 Å². The van der Waals surface area contributed by atoms with Crippen molar-refractivity contribution in [1.82, 2.24) is 4.90 Å². The van der Waals surface area contributed by atoms with Crippen molar-refractivity contribution in [3.05, 3.63) is 0 Å². The SMILES string of the molecule is CCCN1CC[C@@H](OC(=O)CCC(C)=O)[C@@H]1CC. The molecule has 1 heterocycles. The summed E-state index contributed by atoms with van der Waals surface area (Å²) in [5.41, 5.74) is 0. The van der Waals surface area contributed by atoms with Crippen LogP contribution in [0, 0.1) is 0 Å². The predicted molar refractivity (Wildman–Crippen MR) is 70.4 cm³/mol. The highest BCUT2D eigenvalue weighted by atomic mass is 16.5. The molecule has 0 unspecified atom stereocenters. The number of carbonyl (C=O) groups is 2. The third-order valence-electron chi connectivity index (χ3n) is 3.49. The lowest BCUT2D eigenvalue weighted by molar-refractivity contribution is -0.151. The molecule has 1 fully saturated rings. The maximum absolute atomic E-state index is 11.6. The lowest BCUT2D eigenvalue weighted by atomic mass is 10.1. The highest BCUT2D eigenvalue weighted by Gasteiger charge is 2.34. The number of likely N-dealkylation sites (tertiary alicyclic amines) is 1. The first-order valence-corrected chi connectivity index (χ1v) is 7.01. The monoisotopic (exact) mass is 255 g/mol. The minimum Gasteiger partial charge on any atom is -0.461 e. The van der Waals surface area contributed by atoms with Crippen LogP contribution in [-0.4, -0.2) is 41.9 Å². The molecule has 0 N–H and O–H groups in total. The molecule has 0 aliphatic carbocycles. The van der Waals surface area contributed by atoms with Crippen LogP contribution in [0.2, 0.25) is 0 Å². The lowest BCUT2D eigenvalue weighted by Crippen LogP contribution is -2.37. The van der Waals surface area contributed by atoms with Gasteiger partial charge in [0.15, 0.2) is 0 Å². The molecule has 0 saturated carbocycles. The summed E-state index contributed by atoms with van der Waals surface area (Å²) in [6, 6.07) is 0.353. The van der Waals surface area contributed by atoms with Gasteiger partial charge in [-0.15, -0.1) is 0 Å². The highest BCUT2D eigenvalue weighted by Crippen LogP contribution is 2.24. The van der Waals surface area contributed by atoms with Crippen LogP contribution in [-0.2, 0) is 14.3 Å². The second-order valence-electron chi connectivity index (χ2n) is 5.03. The topological polar surface area (TPSA) is 46.6 Å². The van der Waals surface area contributed by atoms with Gasteiger partial charge < -0.3 is 9.53 Å². The minimum atomic E-state index is -0.230. The smallest absolute Gasteiger partial charge is 0.306 e. The lowest BCUT2D eigenvalue weighted by Gasteiger charge is -2.26. The number of hydrogen-bond donors (Lipinski definition) is 0. The van der Waals surface area contributed by atoms with Gasteiger partial charge in [-0.25, -0.2) is 0 Å². The van der Waals surface area contributed by atoms with E-state index in [9.17, 15) is 9.59 Å². The number of ether oxygens (including phenoxy) is 1. The van der Waals surface area contributed by atoms with Crippen LogP contribution < -0.4 is 0 Å². The van der Waals surface area contributed by atoms with Gasteiger partial charge in [0, 0.05) is 19.0 Å². The zero-order chi connectivity index (χ0) is 13.5. The summed E-state index contributed by atoms with van der Waals surface area (Å²) in [5.74, 6) is -0.190. The first-order chi connectivity index (χ1) is 8.58. The van der Waals surface area contributed by atoms with E-state index in [0.717, 1.165) is 32.4 Å². The van der Waals surface area contributed by atoms with Crippen LogP contribution in [0.1, 0.15) is 52.9 Å². The average Bonchev–Trinajstić information content (AvgIpc) is 2.69.